The van der Waals surface area contributed by atoms with E-state index in [0.29, 0.717) is 19.0 Å². The molecule has 0 radical (unpaired) electrons. The summed E-state index contributed by atoms with van der Waals surface area (Å²) in [6, 6.07) is 0.103. The Morgan fingerprint density at radius 3 is 2.05 bits per heavy atom. The fourth-order valence-corrected chi connectivity index (χ4v) is 2.09. The minimum absolute atomic E-state index is 0.137. The van der Waals surface area contributed by atoms with Crippen molar-refractivity contribution in [3.05, 3.63) is 28.8 Å². The molecule has 112 valence electrons. The molecular formula is C12H11F6NO. The number of alkyl halides is 6. The van der Waals surface area contributed by atoms with E-state index in [0.717, 1.165) is 7.11 Å². The zero-order chi connectivity index (χ0) is 15.1. The Hall–Kier alpha value is -1.44. The Balaban J connectivity index is 2.65. The molecule has 1 aliphatic heterocycles. The van der Waals surface area contributed by atoms with Crippen LogP contribution in [0, 0.1) is 0 Å². The van der Waals surface area contributed by atoms with Gasteiger partial charge in [0.25, 0.3) is 0 Å². The van der Waals surface area contributed by atoms with E-state index in [1.807, 2.05) is 0 Å². The molecule has 0 spiro atoms. The van der Waals surface area contributed by atoms with E-state index in [1.165, 1.54) is 0 Å². The minimum atomic E-state index is -4.87. The molecule has 1 aliphatic rings. The largest absolute Gasteiger partial charge is 0.496 e. The van der Waals surface area contributed by atoms with Gasteiger partial charge in [0.1, 0.15) is 5.75 Å². The van der Waals surface area contributed by atoms with Crippen LogP contribution in [0.15, 0.2) is 12.1 Å². The number of rotatable bonds is 2. The first-order chi connectivity index (χ1) is 9.14. The van der Waals surface area contributed by atoms with Gasteiger partial charge in [-0.25, -0.2) is 0 Å². The first-order valence-electron chi connectivity index (χ1n) is 5.74. The molecular weight excluding hydrogens is 288 g/mol. The van der Waals surface area contributed by atoms with Gasteiger partial charge in [0, 0.05) is 11.6 Å². The van der Waals surface area contributed by atoms with Crippen LogP contribution in [0.5, 0.6) is 5.75 Å². The van der Waals surface area contributed by atoms with Crippen LogP contribution in [0.3, 0.4) is 0 Å². The van der Waals surface area contributed by atoms with Crippen molar-refractivity contribution < 1.29 is 31.1 Å². The number of halogens is 6. The monoisotopic (exact) mass is 299 g/mol. The molecule has 1 fully saturated rings. The fourth-order valence-electron chi connectivity index (χ4n) is 2.09. The van der Waals surface area contributed by atoms with Crippen LogP contribution in [0.25, 0.3) is 0 Å². The first-order valence-corrected chi connectivity index (χ1v) is 5.74. The summed E-state index contributed by atoms with van der Waals surface area (Å²) in [6.45, 7) is 0.520. The Kier molecular flexibility index (Phi) is 3.62. The summed E-state index contributed by atoms with van der Waals surface area (Å²) in [4.78, 5) is 0. The van der Waals surface area contributed by atoms with Crippen LogP contribution in [-0.2, 0) is 12.4 Å². The van der Waals surface area contributed by atoms with Gasteiger partial charge < -0.3 is 10.1 Å². The highest BCUT2D eigenvalue weighted by atomic mass is 19.4. The number of hydrogen-bond acceptors (Lipinski definition) is 2. The van der Waals surface area contributed by atoms with Gasteiger partial charge in [-0.05, 0) is 25.1 Å². The van der Waals surface area contributed by atoms with Gasteiger partial charge in [0.15, 0.2) is 0 Å². The van der Waals surface area contributed by atoms with Crippen molar-refractivity contribution in [2.45, 2.75) is 24.8 Å². The SMILES string of the molecule is COc1cc(C(F)(F)F)cc(C(F)(F)F)c1[C@@H]1CCN1. The summed E-state index contributed by atoms with van der Waals surface area (Å²) in [5.41, 5.74) is -2.94. The second-order valence-corrected chi connectivity index (χ2v) is 4.43. The van der Waals surface area contributed by atoms with Gasteiger partial charge in [-0.2, -0.15) is 26.3 Å². The number of hydrogen-bond donors (Lipinski definition) is 1. The van der Waals surface area contributed by atoms with E-state index < -0.39 is 35.3 Å². The lowest BCUT2D eigenvalue weighted by Crippen LogP contribution is -2.36. The van der Waals surface area contributed by atoms with Crippen LogP contribution >= 0.6 is 0 Å². The Morgan fingerprint density at radius 1 is 1.10 bits per heavy atom. The Labute approximate surface area is 110 Å². The smallest absolute Gasteiger partial charge is 0.416 e. The van der Waals surface area contributed by atoms with E-state index in [1.54, 1.807) is 0 Å². The van der Waals surface area contributed by atoms with Crippen molar-refractivity contribution in [2.24, 2.45) is 0 Å². The third-order valence-corrected chi connectivity index (χ3v) is 3.17. The number of nitrogens with one attached hydrogen (secondary N) is 1. The highest BCUT2D eigenvalue weighted by molar-refractivity contribution is 5.48. The van der Waals surface area contributed by atoms with Gasteiger partial charge >= 0.3 is 12.4 Å². The predicted octanol–water partition coefficient (Wildman–Crippen LogP) is 3.77. The molecule has 1 heterocycles. The van der Waals surface area contributed by atoms with E-state index in [4.69, 9.17) is 4.74 Å². The lowest BCUT2D eigenvalue weighted by molar-refractivity contribution is -0.143. The quantitative estimate of drug-likeness (QED) is 0.839. The molecule has 0 amide bonds. The zero-order valence-electron chi connectivity index (χ0n) is 10.3. The number of ether oxygens (including phenoxy) is 1. The maximum atomic E-state index is 13.0. The Morgan fingerprint density at radius 2 is 1.70 bits per heavy atom. The molecule has 2 rings (SSSR count). The minimum Gasteiger partial charge on any atom is -0.496 e. The second-order valence-electron chi connectivity index (χ2n) is 4.43. The van der Waals surface area contributed by atoms with Gasteiger partial charge in [0.05, 0.1) is 18.2 Å². The molecule has 0 unspecified atom stereocenters. The van der Waals surface area contributed by atoms with Crippen molar-refractivity contribution in [1.29, 1.82) is 0 Å². The average molecular weight is 299 g/mol. The molecule has 1 aromatic rings. The normalized spacial score (nSPS) is 19.6. The maximum absolute atomic E-state index is 13.0. The molecule has 8 heteroatoms. The van der Waals surface area contributed by atoms with E-state index >= 15 is 0 Å². The van der Waals surface area contributed by atoms with Gasteiger partial charge in [-0.3, -0.25) is 0 Å². The highest BCUT2D eigenvalue weighted by Gasteiger charge is 2.42. The van der Waals surface area contributed by atoms with Crippen molar-refractivity contribution in [3.63, 3.8) is 0 Å². The number of methoxy groups -OCH3 is 1. The third-order valence-electron chi connectivity index (χ3n) is 3.17. The van der Waals surface area contributed by atoms with E-state index in [2.05, 4.69) is 5.32 Å². The summed E-state index contributed by atoms with van der Waals surface area (Å²) >= 11 is 0. The predicted molar refractivity (Wildman–Crippen MR) is 58.4 cm³/mol. The molecule has 1 saturated heterocycles. The molecule has 2 nitrogen and oxygen atoms in total. The zero-order valence-corrected chi connectivity index (χ0v) is 10.3. The molecule has 0 aliphatic carbocycles. The van der Waals surface area contributed by atoms with Crippen LogP contribution in [-0.4, -0.2) is 13.7 Å². The summed E-state index contributed by atoms with van der Waals surface area (Å²) < 4.78 is 81.7. The summed E-state index contributed by atoms with van der Waals surface area (Å²) in [5, 5.41) is 2.75. The topological polar surface area (TPSA) is 21.3 Å². The van der Waals surface area contributed by atoms with Crippen LogP contribution < -0.4 is 10.1 Å². The van der Waals surface area contributed by atoms with E-state index in [9.17, 15) is 26.3 Å². The standard InChI is InChI=1S/C12H11F6NO/c1-20-9-5-6(11(13,14)15)4-7(12(16,17)18)10(9)8-2-3-19-8/h4-5,8,19H,2-3H2,1H3/t8-/m0/s1. The molecule has 1 aromatic carbocycles. The lowest BCUT2D eigenvalue weighted by Gasteiger charge is -2.32. The summed E-state index contributed by atoms with van der Waals surface area (Å²) in [5.74, 6) is -0.399. The highest BCUT2D eigenvalue weighted by Crippen LogP contribution is 2.45. The summed E-state index contributed by atoms with van der Waals surface area (Å²) in [6.07, 6.45) is -9.31. The maximum Gasteiger partial charge on any atom is 0.416 e. The van der Waals surface area contributed by atoms with Gasteiger partial charge in [-0.1, -0.05) is 0 Å². The molecule has 20 heavy (non-hydrogen) atoms. The summed E-state index contributed by atoms with van der Waals surface area (Å²) in [7, 11) is 1.05. The van der Waals surface area contributed by atoms with Gasteiger partial charge in [-0.15, -0.1) is 0 Å². The van der Waals surface area contributed by atoms with Crippen LogP contribution in [0.1, 0.15) is 29.2 Å². The van der Waals surface area contributed by atoms with Gasteiger partial charge in [0.2, 0.25) is 0 Å². The molecule has 1 atom stereocenters. The van der Waals surface area contributed by atoms with Crippen molar-refractivity contribution >= 4 is 0 Å². The average Bonchev–Trinajstić information content (AvgIpc) is 2.23. The van der Waals surface area contributed by atoms with Crippen molar-refractivity contribution in [1.82, 2.24) is 5.32 Å². The van der Waals surface area contributed by atoms with E-state index in [-0.39, 0.29) is 11.6 Å². The van der Waals surface area contributed by atoms with Crippen LogP contribution in [0.4, 0.5) is 26.3 Å². The Bertz CT molecular complexity index is 504. The molecule has 0 bridgehead atoms. The second kappa shape index (κ2) is 4.83. The fraction of sp³-hybridized carbons (Fsp3) is 0.500. The molecule has 0 aromatic heterocycles. The molecule has 1 N–H and O–H groups in total. The number of benzene rings is 1. The molecule has 0 saturated carbocycles. The van der Waals surface area contributed by atoms with Crippen molar-refractivity contribution in [3.8, 4) is 5.75 Å². The van der Waals surface area contributed by atoms with Crippen molar-refractivity contribution in [2.75, 3.05) is 13.7 Å². The third kappa shape index (κ3) is 2.70. The first kappa shape index (κ1) is 15.0. The lowest BCUT2D eigenvalue weighted by atomic mass is 9.90. The van der Waals surface area contributed by atoms with Crippen LogP contribution in [0.2, 0.25) is 0 Å².